The van der Waals surface area contributed by atoms with Crippen LogP contribution in [0.4, 0.5) is 5.13 Å². The normalized spacial score (nSPS) is 10.9. The van der Waals surface area contributed by atoms with E-state index in [9.17, 15) is 9.59 Å². The molecule has 0 spiro atoms. The highest BCUT2D eigenvalue weighted by atomic mass is 32.2. The predicted molar refractivity (Wildman–Crippen MR) is 86.4 cm³/mol. The Bertz CT molecular complexity index is 851. The van der Waals surface area contributed by atoms with Gasteiger partial charge in [-0.25, -0.2) is 9.97 Å². The lowest BCUT2D eigenvalue weighted by atomic mass is 10.4. The first-order valence-corrected chi connectivity index (χ1v) is 8.68. The monoisotopic (exact) mass is 338 g/mol. The molecule has 3 heterocycles. The summed E-state index contributed by atoms with van der Waals surface area (Å²) < 4.78 is 0. The fourth-order valence-corrected chi connectivity index (χ4v) is 3.80. The number of hydrogen-bond donors (Lipinski definition) is 2. The van der Waals surface area contributed by atoms with Crippen LogP contribution in [0.5, 0.6) is 0 Å². The molecule has 0 saturated heterocycles. The second-order valence-corrected chi connectivity index (χ2v) is 6.86. The Balaban J connectivity index is 1.65. The molecule has 3 aromatic rings. The van der Waals surface area contributed by atoms with E-state index in [2.05, 4.69) is 20.3 Å². The van der Waals surface area contributed by atoms with Crippen LogP contribution < -0.4 is 10.9 Å². The van der Waals surface area contributed by atoms with Gasteiger partial charge >= 0.3 is 0 Å². The minimum absolute atomic E-state index is 0.165. The summed E-state index contributed by atoms with van der Waals surface area (Å²) in [5.41, 5.74) is 0.691. The quantitative estimate of drug-likeness (QED) is 0.564. The summed E-state index contributed by atoms with van der Waals surface area (Å²) in [5, 5.41) is 7.99. The summed E-state index contributed by atoms with van der Waals surface area (Å²) in [6.07, 6.45) is 0. The number of anilines is 1. The van der Waals surface area contributed by atoms with Crippen LogP contribution in [0, 0.1) is 6.92 Å². The van der Waals surface area contributed by atoms with Gasteiger partial charge in [0.05, 0.1) is 16.8 Å². The molecule has 3 rings (SSSR count). The molecular weight excluding hydrogens is 328 g/mol. The first kappa shape index (κ1) is 14.2. The smallest absolute Gasteiger partial charge is 0.260 e. The molecular formula is C12H10N4O2S3. The number of aromatic nitrogens is 3. The molecule has 3 aromatic heterocycles. The van der Waals surface area contributed by atoms with Crippen molar-refractivity contribution in [3.63, 3.8) is 0 Å². The van der Waals surface area contributed by atoms with Gasteiger partial charge in [0.2, 0.25) is 5.91 Å². The van der Waals surface area contributed by atoms with Crippen molar-refractivity contribution in [2.24, 2.45) is 0 Å². The summed E-state index contributed by atoms with van der Waals surface area (Å²) in [4.78, 5) is 35.4. The number of hydrogen-bond acceptors (Lipinski definition) is 7. The number of thioether (sulfide) groups is 1. The number of thiazole rings is 1. The van der Waals surface area contributed by atoms with E-state index in [4.69, 9.17) is 0 Å². The lowest BCUT2D eigenvalue weighted by Crippen LogP contribution is -2.15. The second kappa shape index (κ2) is 5.96. The summed E-state index contributed by atoms with van der Waals surface area (Å²) in [6.45, 7) is 1.87. The molecule has 108 valence electrons. The number of nitrogens with one attached hydrogen (secondary N) is 2. The Kier molecular flexibility index (Phi) is 4.04. The van der Waals surface area contributed by atoms with E-state index in [-0.39, 0.29) is 17.2 Å². The van der Waals surface area contributed by atoms with Crippen LogP contribution in [0.2, 0.25) is 0 Å². The van der Waals surface area contributed by atoms with Crippen molar-refractivity contribution in [3.8, 4) is 0 Å². The molecule has 0 aliphatic heterocycles. The van der Waals surface area contributed by atoms with E-state index >= 15 is 0 Å². The Morgan fingerprint density at radius 1 is 1.43 bits per heavy atom. The number of aryl methyl sites for hydroxylation is 1. The first-order valence-electron chi connectivity index (χ1n) is 5.94. The maximum atomic E-state index is 11.8. The second-order valence-electron chi connectivity index (χ2n) is 4.14. The Hall–Kier alpha value is -1.71. The minimum atomic E-state index is -0.181. The van der Waals surface area contributed by atoms with Gasteiger partial charge in [0.15, 0.2) is 10.3 Å². The highest BCUT2D eigenvalue weighted by molar-refractivity contribution is 7.99. The van der Waals surface area contributed by atoms with Gasteiger partial charge in [0.1, 0.15) is 4.83 Å². The van der Waals surface area contributed by atoms with Crippen molar-refractivity contribution in [2.75, 3.05) is 11.1 Å². The minimum Gasteiger partial charge on any atom is -0.301 e. The highest BCUT2D eigenvalue weighted by Crippen LogP contribution is 2.19. The van der Waals surface area contributed by atoms with Gasteiger partial charge in [-0.15, -0.1) is 22.7 Å². The standard InChI is InChI=1S/C12H10N4O2S3/c1-6-4-20-11(13-6)14-8(17)5-21-12-15-9(18)7-2-3-19-10(7)16-12/h2-4H,5H2,1H3,(H,13,14,17)(H,15,16,18). The predicted octanol–water partition coefficient (Wildman–Crippen LogP) is 2.48. The van der Waals surface area contributed by atoms with Gasteiger partial charge in [-0.3, -0.25) is 9.59 Å². The molecule has 0 fully saturated rings. The number of amides is 1. The number of rotatable bonds is 4. The van der Waals surface area contributed by atoms with E-state index in [1.54, 1.807) is 6.07 Å². The lowest BCUT2D eigenvalue weighted by Gasteiger charge is -2.01. The van der Waals surface area contributed by atoms with E-state index in [1.165, 1.54) is 34.4 Å². The zero-order chi connectivity index (χ0) is 14.8. The van der Waals surface area contributed by atoms with E-state index in [1.807, 2.05) is 17.7 Å². The average Bonchev–Trinajstić information content (AvgIpc) is 3.06. The van der Waals surface area contributed by atoms with Crippen molar-refractivity contribution in [3.05, 3.63) is 32.9 Å². The molecule has 0 atom stereocenters. The van der Waals surface area contributed by atoms with Crippen molar-refractivity contribution in [1.82, 2.24) is 15.0 Å². The molecule has 0 saturated carbocycles. The van der Waals surface area contributed by atoms with Crippen molar-refractivity contribution in [1.29, 1.82) is 0 Å². The molecule has 1 amide bonds. The summed E-state index contributed by atoms with van der Waals surface area (Å²) >= 11 is 3.97. The highest BCUT2D eigenvalue weighted by Gasteiger charge is 2.09. The Labute approximate surface area is 131 Å². The van der Waals surface area contributed by atoms with Crippen LogP contribution in [0.15, 0.2) is 26.8 Å². The van der Waals surface area contributed by atoms with Crippen molar-refractivity contribution in [2.45, 2.75) is 12.1 Å². The van der Waals surface area contributed by atoms with Gasteiger partial charge in [-0.1, -0.05) is 11.8 Å². The van der Waals surface area contributed by atoms with Gasteiger partial charge in [0, 0.05) is 5.38 Å². The van der Waals surface area contributed by atoms with Gasteiger partial charge in [0.25, 0.3) is 5.56 Å². The van der Waals surface area contributed by atoms with E-state index in [0.717, 1.165) is 5.69 Å². The van der Waals surface area contributed by atoms with Gasteiger partial charge < -0.3 is 10.3 Å². The van der Waals surface area contributed by atoms with Gasteiger partial charge in [-0.2, -0.15) is 0 Å². The van der Waals surface area contributed by atoms with Crippen LogP contribution in [0.25, 0.3) is 10.2 Å². The molecule has 0 radical (unpaired) electrons. The molecule has 0 bridgehead atoms. The zero-order valence-corrected chi connectivity index (χ0v) is 13.3. The molecule has 9 heteroatoms. The molecule has 0 aliphatic carbocycles. The van der Waals surface area contributed by atoms with Crippen LogP contribution in [0.3, 0.4) is 0 Å². The number of carbonyl (C=O) groups is 1. The fraction of sp³-hybridized carbons (Fsp3) is 0.167. The SMILES string of the molecule is Cc1csc(NC(=O)CSc2nc3sccc3c(=O)[nH]2)n1. The first-order chi connectivity index (χ1) is 10.1. The largest absolute Gasteiger partial charge is 0.301 e. The van der Waals surface area contributed by atoms with Crippen LogP contribution in [-0.2, 0) is 4.79 Å². The third-order valence-corrected chi connectivity index (χ3v) is 5.07. The zero-order valence-electron chi connectivity index (χ0n) is 10.9. The summed E-state index contributed by atoms with van der Waals surface area (Å²) in [7, 11) is 0. The van der Waals surface area contributed by atoms with Crippen LogP contribution >= 0.6 is 34.4 Å². The maximum absolute atomic E-state index is 11.8. The Morgan fingerprint density at radius 2 is 2.29 bits per heavy atom. The number of nitrogens with zero attached hydrogens (tertiary/aromatic N) is 2. The number of thiophene rings is 1. The van der Waals surface area contributed by atoms with Crippen LogP contribution in [0.1, 0.15) is 5.69 Å². The van der Waals surface area contributed by atoms with Crippen LogP contribution in [-0.4, -0.2) is 26.6 Å². The molecule has 2 N–H and O–H groups in total. The number of carbonyl (C=O) groups excluding carboxylic acids is 1. The van der Waals surface area contributed by atoms with Crippen molar-refractivity contribution < 1.29 is 4.79 Å². The van der Waals surface area contributed by atoms with Crippen molar-refractivity contribution >= 4 is 55.7 Å². The molecule has 0 aliphatic rings. The van der Waals surface area contributed by atoms with E-state index < -0.39 is 0 Å². The lowest BCUT2D eigenvalue weighted by molar-refractivity contribution is -0.113. The molecule has 21 heavy (non-hydrogen) atoms. The number of H-pyrrole nitrogens is 1. The summed E-state index contributed by atoms with van der Waals surface area (Å²) in [6, 6.07) is 1.73. The molecule has 6 nitrogen and oxygen atoms in total. The average molecular weight is 338 g/mol. The third-order valence-electron chi connectivity index (χ3n) is 2.52. The Morgan fingerprint density at radius 3 is 3.05 bits per heavy atom. The number of aromatic amines is 1. The van der Waals surface area contributed by atoms with E-state index in [0.29, 0.717) is 20.5 Å². The summed E-state index contributed by atoms with van der Waals surface area (Å²) in [5.74, 6) is -0.0124. The fourth-order valence-electron chi connectivity index (χ4n) is 1.61. The topological polar surface area (TPSA) is 87.7 Å². The molecule has 0 unspecified atom stereocenters. The third kappa shape index (κ3) is 3.31. The van der Waals surface area contributed by atoms with Gasteiger partial charge in [-0.05, 0) is 18.4 Å². The maximum Gasteiger partial charge on any atom is 0.260 e. The number of fused-ring (bicyclic) bond motifs is 1. The molecule has 0 aromatic carbocycles.